The average Bonchev–Trinajstić information content (AvgIpc) is 2.41. The van der Waals surface area contributed by atoms with Crippen LogP contribution in [0, 0.1) is 12.8 Å². The molecule has 2 atom stereocenters. The van der Waals surface area contributed by atoms with Crippen molar-refractivity contribution in [3.8, 4) is 5.75 Å². The molecule has 2 N–H and O–H groups in total. The van der Waals surface area contributed by atoms with Crippen LogP contribution in [0.5, 0.6) is 5.75 Å². The number of hydrogen-bond donors (Lipinski definition) is 1. The number of hydrogen-bond acceptors (Lipinski definition) is 2. The second-order valence-corrected chi connectivity index (χ2v) is 5.31. The standard InChI is InChI=1S/C17H29NO/c1-5-8-9-14(6-2)17(18)15-12-13(4)10-11-16(15)19-7-3/h10-12,14,17H,5-9,18H2,1-4H3. The van der Waals surface area contributed by atoms with E-state index in [-0.39, 0.29) is 6.04 Å². The van der Waals surface area contributed by atoms with E-state index in [1.54, 1.807) is 0 Å². The van der Waals surface area contributed by atoms with E-state index < -0.39 is 0 Å². The molecule has 19 heavy (non-hydrogen) atoms. The van der Waals surface area contributed by atoms with Gasteiger partial charge < -0.3 is 10.5 Å². The first kappa shape index (κ1) is 16.0. The summed E-state index contributed by atoms with van der Waals surface area (Å²) in [7, 11) is 0. The lowest BCUT2D eigenvalue weighted by Crippen LogP contribution is -2.22. The Kier molecular flexibility index (Phi) is 6.93. The van der Waals surface area contributed by atoms with E-state index in [4.69, 9.17) is 10.5 Å². The zero-order chi connectivity index (χ0) is 14.3. The van der Waals surface area contributed by atoms with E-state index in [2.05, 4.69) is 39.0 Å². The van der Waals surface area contributed by atoms with Gasteiger partial charge in [-0.1, -0.05) is 50.8 Å². The second kappa shape index (κ2) is 8.21. The summed E-state index contributed by atoms with van der Waals surface area (Å²) >= 11 is 0. The minimum Gasteiger partial charge on any atom is -0.494 e. The Morgan fingerprint density at radius 3 is 2.53 bits per heavy atom. The molecule has 0 aliphatic rings. The third-order valence-electron chi connectivity index (χ3n) is 3.78. The van der Waals surface area contributed by atoms with Crippen LogP contribution in [0.3, 0.4) is 0 Å². The third kappa shape index (κ3) is 4.54. The van der Waals surface area contributed by atoms with Gasteiger partial charge in [0, 0.05) is 11.6 Å². The SMILES string of the molecule is CCCCC(CC)C(N)c1cc(C)ccc1OCC. The molecule has 0 aliphatic carbocycles. The van der Waals surface area contributed by atoms with Crippen molar-refractivity contribution < 1.29 is 4.74 Å². The largest absolute Gasteiger partial charge is 0.494 e. The van der Waals surface area contributed by atoms with E-state index in [0.717, 1.165) is 12.2 Å². The Morgan fingerprint density at radius 1 is 1.21 bits per heavy atom. The summed E-state index contributed by atoms with van der Waals surface area (Å²) in [5, 5.41) is 0. The van der Waals surface area contributed by atoms with E-state index in [1.807, 2.05) is 6.92 Å². The Labute approximate surface area is 118 Å². The monoisotopic (exact) mass is 263 g/mol. The molecule has 2 heteroatoms. The van der Waals surface area contributed by atoms with Crippen molar-refractivity contribution in [1.82, 2.24) is 0 Å². The summed E-state index contributed by atoms with van der Waals surface area (Å²) in [5.74, 6) is 1.50. The number of ether oxygens (including phenoxy) is 1. The predicted molar refractivity (Wildman–Crippen MR) is 82.6 cm³/mol. The van der Waals surface area contributed by atoms with Crippen molar-refractivity contribution in [2.75, 3.05) is 6.61 Å². The molecule has 0 fully saturated rings. The predicted octanol–water partition coefficient (Wildman–Crippen LogP) is 4.61. The van der Waals surface area contributed by atoms with Gasteiger partial charge in [0.25, 0.3) is 0 Å². The fourth-order valence-corrected chi connectivity index (χ4v) is 2.57. The molecule has 0 aliphatic heterocycles. The minimum atomic E-state index is 0.0815. The second-order valence-electron chi connectivity index (χ2n) is 5.31. The molecule has 2 unspecified atom stereocenters. The molecule has 0 saturated heterocycles. The van der Waals surface area contributed by atoms with Crippen LogP contribution in [0.15, 0.2) is 18.2 Å². The number of nitrogens with two attached hydrogens (primary N) is 1. The molecule has 0 heterocycles. The molecule has 1 rings (SSSR count). The topological polar surface area (TPSA) is 35.2 Å². The van der Waals surface area contributed by atoms with Crippen LogP contribution < -0.4 is 10.5 Å². The van der Waals surface area contributed by atoms with Gasteiger partial charge in [-0.15, -0.1) is 0 Å². The molecular formula is C17H29NO. The Balaban J connectivity index is 2.94. The van der Waals surface area contributed by atoms with Crippen molar-refractivity contribution >= 4 is 0 Å². The van der Waals surface area contributed by atoms with Crippen LogP contribution >= 0.6 is 0 Å². The molecule has 0 amide bonds. The van der Waals surface area contributed by atoms with Gasteiger partial charge in [-0.25, -0.2) is 0 Å². The Morgan fingerprint density at radius 2 is 1.95 bits per heavy atom. The summed E-state index contributed by atoms with van der Waals surface area (Å²) in [4.78, 5) is 0. The third-order valence-corrected chi connectivity index (χ3v) is 3.78. The smallest absolute Gasteiger partial charge is 0.124 e. The van der Waals surface area contributed by atoms with Crippen LogP contribution in [0.4, 0.5) is 0 Å². The summed E-state index contributed by atoms with van der Waals surface area (Å²) < 4.78 is 5.73. The van der Waals surface area contributed by atoms with E-state index in [9.17, 15) is 0 Å². The highest BCUT2D eigenvalue weighted by Crippen LogP contribution is 2.33. The first-order valence-corrected chi connectivity index (χ1v) is 7.62. The number of benzene rings is 1. The normalized spacial score (nSPS) is 14.2. The van der Waals surface area contributed by atoms with Gasteiger partial charge in [-0.3, -0.25) is 0 Å². The highest BCUT2D eigenvalue weighted by molar-refractivity contribution is 5.39. The van der Waals surface area contributed by atoms with Crippen molar-refractivity contribution in [1.29, 1.82) is 0 Å². The number of unbranched alkanes of at least 4 members (excludes halogenated alkanes) is 1. The maximum atomic E-state index is 6.51. The summed E-state index contributed by atoms with van der Waals surface area (Å²) in [6, 6.07) is 6.41. The lowest BCUT2D eigenvalue weighted by molar-refractivity contribution is 0.320. The molecular weight excluding hydrogens is 234 g/mol. The highest BCUT2D eigenvalue weighted by Gasteiger charge is 2.20. The van der Waals surface area contributed by atoms with Gasteiger partial charge in [0.2, 0.25) is 0 Å². The summed E-state index contributed by atoms with van der Waals surface area (Å²) in [5.41, 5.74) is 8.93. The minimum absolute atomic E-state index is 0.0815. The Hall–Kier alpha value is -1.02. The van der Waals surface area contributed by atoms with Crippen molar-refractivity contribution in [3.05, 3.63) is 29.3 Å². The zero-order valence-corrected chi connectivity index (χ0v) is 12.9. The number of aryl methyl sites for hydroxylation is 1. The lowest BCUT2D eigenvalue weighted by atomic mass is 9.86. The molecule has 0 bridgehead atoms. The molecule has 1 aromatic rings. The average molecular weight is 263 g/mol. The first-order valence-electron chi connectivity index (χ1n) is 7.62. The zero-order valence-electron chi connectivity index (χ0n) is 12.9. The van der Waals surface area contributed by atoms with Gasteiger partial charge in [-0.05, 0) is 32.3 Å². The van der Waals surface area contributed by atoms with Crippen LogP contribution in [-0.4, -0.2) is 6.61 Å². The maximum absolute atomic E-state index is 6.51. The Bertz CT molecular complexity index is 376. The molecule has 0 radical (unpaired) electrons. The highest BCUT2D eigenvalue weighted by atomic mass is 16.5. The van der Waals surface area contributed by atoms with Crippen LogP contribution in [0.2, 0.25) is 0 Å². The summed E-state index contributed by atoms with van der Waals surface area (Å²) in [6.45, 7) is 9.28. The molecule has 108 valence electrons. The van der Waals surface area contributed by atoms with Gasteiger partial charge in [0.1, 0.15) is 5.75 Å². The van der Waals surface area contributed by atoms with Crippen molar-refractivity contribution in [3.63, 3.8) is 0 Å². The van der Waals surface area contributed by atoms with Crippen molar-refractivity contribution in [2.45, 2.75) is 59.4 Å². The lowest BCUT2D eigenvalue weighted by Gasteiger charge is -2.25. The van der Waals surface area contributed by atoms with Gasteiger partial charge >= 0.3 is 0 Å². The van der Waals surface area contributed by atoms with E-state index in [0.29, 0.717) is 12.5 Å². The van der Waals surface area contributed by atoms with Gasteiger partial charge in [0.05, 0.1) is 6.61 Å². The van der Waals surface area contributed by atoms with E-state index in [1.165, 1.54) is 30.4 Å². The van der Waals surface area contributed by atoms with Crippen LogP contribution in [-0.2, 0) is 0 Å². The maximum Gasteiger partial charge on any atom is 0.124 e. The molecule has 0 saturated carbocycles. The quantitative estimate of drug-likeness (QED) is 0.743. The van der Waals surface area contributed by atoms with Gasteiger partial charge in [-0.2, -0.15) is 0 Å². The van der Waals surface area contributed by atoms with Crippen LogP contribution in [0.25, 0.3) is 0 Å². The molecule has 0 aromatic heterocycles. The molecule has 0 spiro atoms. The molecule has 2 nitrogen and oxygen atoms in total. The fourth-order valence-electron chi connectivity index (χ4n) is 2.57. The van der Waals surface area contributed by atoms with Crippen molar-refractivity contribution in [2.24, 2.45) is 11.7 Å². The van der Waals surface area contributed by atoms with E-state index >= 15 is 0 Å². The van der Waals surface area contributed by atoms with Crippen LogP contribution in [0.1, 0.15) is 63.6 Å². The fraction of sp³-hybridized carbons (Fsp3) is 0.647. The molecule has 1 aromatic carbocycles. The summed E-state index contributed by atoms with van der Waals surface area (Å²) in [6.07, 6.45) is 4.81. The number of rotatable bonds is 8. The van der Waals surface area contributed by atoms with Gasteiger partial charge in [0.15, 0.2) is 0 Å². The first-order chi connectivity index (χ1) is 9.13.